The fourth-order valence-electron chi connectivity index (χ4n) is 2.41. The number of esters is 1. The maximum absolute atomic E-state index is 12.3. The van der Waals surface area contributed by atoms with Crippen molar-refractivity contribution in [1.82, 2.24) is 4.90 Å². The number of imide groups is 1. The summed E-state index contributed by atoms with van der Waals surface area (Å²) in [4.78, 5) is 47.5. The molecule has 9 heteroatoms. The maximum atomic E-state index is 12.3. The van der Waals surface area contributed by atoms with Crippen molar-refractivity contribution in [2.45, 2.75) is 0 Å². The Morgan fingerprint density at radius 3 is 2.44 bits per heavy atom. The van der Waals surface area contributed by atoms with Gasteiger partial charge in [0.05, 0.1) is 10.5 Å². The van der Waals surface area contributed by atoms with E-state index in [4.69, 9.17) is 16.3 Å². The molecule has 0 N–H and O–H groups in total. The zero-order valence-electron chi connectivity index (χ0n) is 12.5. The van der Waals surface area contributed by atoms with E-state index in [9.17, 15) is 24.5 Å². The predicted molar refractivity (Wildman–Crippen MR) is 85.6 cm³/mol. The van der Waals surface area contributed by atoms with Crippen molar-refractivity contribution in [2.75, 3.05) is 6.54 Å². The predicted octanol–water partition coefficient (Wildman–Crippen LogP) is 2.45. The molecule has 2 aromatic carbocycles. The zero-order chi connectivity index (χ0) is 18.1. The van der Waals surface area contributed by atoms with Crippen molar-refractivity contribution in [3.05, 3.63) is 68.7 Å². The smallest absolute Gasteiger partial charge is 0.331 e. The highest BCUT2D eigenvalue weighted by Crippen LogP contribution is 2.30. The van der Waals surface area contributed by atoms with E-state index < -0.39 is 34.9 Å². The van der Waals surface area contributed by atoms with Crippen molar-refractivity contribution in [3.63, 3.8) is 0 Å². The van der Waals surface area contributed by atoms with Crippen molar-refractivity contribution < 1.29 is 24.0 Å². The molecule has 0 atom stereocenters. The summed E-state index contributed by atoms with van der Waals surface area (Å²) in [6.45, 7) is -0.661. The van der Waals surface area contributed by atoms with Gasteiger partial charge in [0, 0.05) is 11.1 Å². The molecule has 0 bridgehead atoms. The number of fused-ring (bicyclic) bond motifs is 1. The summed E-state index contributed by atoms with van der Waals surface area (Å²) in [5.74, 6) is -2.35. The van der Waals surface area contributed by atoms with Crippen LogP contribution < -0.4 is 4.74 Å². The molecule has 0 spiro atoms. The zero-order valence-corrected chi connectivity index (χ0v) is 13.2. The minimum absolute atomic E-state index is 0.113. The second kappa shape index (κ2) is 6.33. The van der Waals surface area contributed by atoms with Gasteiger partial charge in [0.15, 0.2) is 0 Å². The van der Waals surface area contributed by atoms with Crippen LogP contribution in [0.4, 0.5) is 5.69 Å². The molecule has 1 heterocycles. The van der Waals surface area contributed by atoms with Crippen molar-refractivity contribution in [1.29, 1.82) is 0 Å². The number of hydrogen-bond donors (Lipinski definition) is 0. The third-order valence-corrected chi connectivity index (χ3v) is 3.76. The van der Waals surface area contributed by atoms with Crippen LogP contribution in [0.1, 0.15) is 20.7 Å². The molecule has 0 aromatic heterocycles. The van der Waals surface area contributed by atoms with E-state index >= 15 is 0 Å². The number of benzene rings is 2. The summed E-state index contributed by atoms with van der Waals surface area (Å²) in [5, 5.41) is 11.5. The Morgan fingerprint density at radius 2 is 1.80 bits per heavy atom. The monoisotopic (exact) mass is 360 g/mol. The number of nitro benzene ring substituents is 1. The Balaban J connectivity index is 1.80. The number of carbonyl (C=O) groups is 3. The lowest BCUT2D eigenvalue weighted by Crippen LogP contribution is -2.36. The number of halogens is 1. The van der Waals surface area contributed by atoms with Crippen molar-refractivity contribution >= 4 is 35.1 Å². The Labute approximate surface area is 145 Å². The highest BCUT2D eigenvalue weighted by molar-refractivity contribution is 6.30. The van der Waals surface area contributed by atoms with E-state index in [2.05, 4.69) is 0 Å². The molecule has 0 unspecified atom stereocenters. The van der Waals surface area contributed by atoms with Crippen molar-refractivity contribution in [2.24, 2.45) is 0 Å². The largest absolute Gasteiger partial charge is 0.425 e. The average molecular weight is 361 g/mol. The van der Waals surface area contributed by atoms with Gasteiger partial charge in [-0.2, -0.15) is 0 Å². The summed E-state index contributed by atoms with van der Waals surface area (Å²) in [7, 11) is 0. The molecular formula is C16H9ClN2O6. The standard InChI is InChI=1S/C16H9ClN2O6/c17-9-4-6-10(7-5-9)25-13(20)8-18-15(21)11-2-1-3-12(19(23)24)14(11)16(18)22/h1-7H,8H2. The molecule has 0 aliphatic carbocycles. The minimum Gasteiger partial charge on any atom is -0.425 e. The van der Waals surface area contributed by atoms with E-state index in [1.165, 1.54) is 36.4 Å². The summed E-state index contributed by atoms with van der Waals surface area (Å²) < 4.78 is 5.03. The second-order valence-electron chi connectivity index (χ2n) is 5.08. The molecule has 1 aliphatic rings. The fraction of sp³-hybridized carbons (Fsp3) is 0.0625. The van der Waals surface area contributed by atoms with E-state index in [0.29, 0.717) is 9.92 Å². The molecule has 126 valence electrons. The van der Waals surface area contributed by atoms with Gasteiger partial charge >= 0.3 is 5.97 Å². The lowest BCUT2D eigenvalue weighted by atomic mass is 10.1. The number of nitrogens with zero attached hydrogens (tertiary/aromatic N) is 2. The van der Waals surface area contributed by atoms with Gasteiger partial charge in [-0.15, -0.1) is 0 Å². The molecule has 0 saturated carbocycles. The number of ether oxygens (including phenoxy) is 1. The third-order valence-electron chi connectivity index (χ3n) is 3.51. The van der Waals surface area contributed by atoms with Crippen LogP contribution >= 0.6 is 11.6 Å². The first kappa shape index (κ1) is 16.6. The topological polar surface area (TPSA) is 107 Å². The van der Waals surface area contributed by atoms with E-state index in [0.717, 1.165) is 6.07 Å². The van der Waals surface area contributed by atoms with Crippen LogP contribution in [-0.4, -0.2) is 34.2 Å². The average Bonchev–Trinajstić information content (AvgIpc) is 2.82. The summed E-state index contributed by atoms with van der Waals surface area (Å²) in [5.41, 5.74) is -0.917. The highest BCUT2D eigenvalue weighted by Gasteiger charge is 2.41. The molecule has 0 radical (unpaired) electrons. The maximum Gasteiger partial charge on any atom is 0.331 e. The molecule has 25 heavy (non-hydrogen) atoms. The van der Waals surface area contributed by atoms with Gasteiger partial charge in [-0.1, -0.05) is 17.7 Å². The molecule has 2 aromatic rings. The van der Waals surface area contributed by atoms with Gasteiger partial charge in [0.2, 0.25) is 0 Å². The van der Waals surface area contributed by atoms with Gasteiger partial charge in [-0.25, -0.2) is 4.79 Å². The first-order chi connectivity index (χ1) is 11.9. The van der Waals surface area contributed by atoms with Crippen LogP contribution in [0.2, 0.25) is 5.02 Å². The molecule has 3 rings (SSSR count). The molecule has 0 saturated heterocycles. The number of rotatable bonds is 4. The van der Waals surface area contributed by atoms with Gasteiger partial charge in [0.25, 0.3) is 17.5 Å². The van der Waals surface area contributed by atoms with Crippen LogP contribution in [0.15, 0.2) is 42.5 Å². The Morgan fingerprint density at radius 1 is 1.12 bits per heavy atom. The SMILES string of the molecule is O=C(CN1C(=O)c2cccc([N+](=O)[O-])c2C1=O)Oc1ccc(Cl)cc1. The van der Waals surface area contributed by atoms with Gasteiger partial charge in [-0.3, -0.25) is 24.6 Å². The number of carbonyl (C=O) groups excluding carboxylic acids is 3. The van der Waals surface area contributed by atoms with Gasteiger partial charge in [-0.05, 0) is 30.3 Å². The summed E-state index contributed by atoms with van der Waals surface area (Å²) >= 11 is 5.72. The third kappa shape index (κ3) is 3.07. The quantitative estimate of drug-likeness (QED) is 0.272. The second-order valence-corrected chi connectivity index (χ2v) is 5.52. The summed E-state index contributed by atoms with van der Waals surface area (Å²) in [6.07, 6.45) is 0. The van der Waals surface area contributed by atoms with Crippen LogP contribution in [0.5, 0.6) is 5.75 Å². The lowest BCUT2D eigenvalue weighted by molar-refractivity contribution is -0.385. The minimum atomic E-state index is -0.902. The summed E-state index contributed by atoms with van der Waals surface area (Å²) in [6, 6.07) is 9.65. The number of amides is 2. The number of hydrogen-bond acceptors (Lipinski definition) is 6. The van der Waals surface area contributed by atoms with Crippen molar-refractivity contribution in [3.8, 4) is 5.75 Å². The van der Waals surface area contributed by atoms with E-state index in [1.54, 1.807) is 0 Å². The van der Waals surface area contributed by atoms with Gasteiger partial charge in [0.1, 0.15) is 17.9 Å². The highest BCUT2D eigenvalue weighted by atomic mass is 35.5. The van der Waals surface area contributed by atoms with E-state index in [-0.39, 0.29) is 16.9 Å². The number of nitro groups is 1. The normalized spacial score (nSPS) is 12.9. The molecule has 2 amide bonds. The first-order valence-corrected chi connectivity index (χ1v) is 7.36. The van der Waals surface area contributed by atoms with Crippen LogP contribution in [0.3, 0.4) is 0 Å². The van der Waals surface area contributed by atoms with Crippen LogP contribution in [0.25, 0.3) is 0 Å². The Hall–Kier alpha value is -3.26. The molecule has 0 fully saturated rings. The fourth-order valence-corrected chi connectivity index (χ4v) is 2.53. The molecule has 1 aliphatic heterocycles. The Bertz CT molecular complexity index is 909. The van der Waals surface area contributed by atoms with Crippen LogP contribution in [0, 0.1) is 10.1 Å². The Kier molecular flexibility index (Phi) is 4.20. The first-order valence-electron chi connectivity index (χ1n) is 6.98. The van der Waals surface area contributed by atoms with E-state index in [1.807, 2.05) is 0 Å². The van der Waals surface area contributed by atoms with Crippen LogP contribution in [-0.2, 0) is 4.79 Å². The van der Waals surface area contributed by atoms with Gasteiger partial charge < -0.3 is 4.74 Å². The lowest BCUT2D eigenvalue weighted by Gasteiger charge is -2.12. The molecule has 8 nitrogen and oxygen atoms in total. The molecular weight excluding hydrogens is 352 g/mol.